The van der Waals surface area contributed by atoms with E-state index in [1.54, 1.807) is 11.1 Å². The zero-order valence-corrected chi connectivity index (χ0v) is 11.5. The molecule has 2 aliphatic carbocycles. The number of hydrogen-bond donors (Lipinski definition) is 0. The molecule has 0 amide bonds. The fourth-order valence-corrected chi connectivity index (χ4v) is 3.17. The van der Waals surface area contributed by atoms with Crippen LogP contribution in [0.4, 0.5) is 0 Å². The molecule has 0 spiro atoms. The van der Waals surface area contributed by atoms with E-state index in [4.69, 9.17) is 0 Å². The van der Waals surface area contributed by atoms with Gasteiger partial charge in [0.2, 0.25) is 0 Å². The monoisotopic (exact) mass is 337 g/mol. The fraction of sp³-hybridized carbons (Fsp3) is 0.333. The molecule has 0 aromatic heterocycles. The predicted octanol–water partition coefficient (Wildman–Crippen LogP) is 3.48. The summed E-state index contributed by atoms with van der Waals surface area (Å²) < 4.78 is 0.396. The van der Waals surface area contributed by atoms with Gasteiger partial charge in [-0.3, -0.25) is 0 Å². The van der Waals surface area contributed by atoms with Gasteiger partial charge in [0, 0.05) is 0 Å². The Kier molecular flexibility index (Phi) is 2.55. The standard InChI is InChI=1S/C12H13.Hf/c1-10(11-6-2-3-7-11)12-8-4-5-9-12;/h2-6,8H,7,9H2,1H3;. The van der Waals surface area contributed by atoms with Crippen molar-refractivity contribution in [1.29, 1.82) is 0 Å². The molecule has 0 N–H and O–H groups in total. The second kappa shape index (κ2) is 3.53. The maximum atomic E-state index is 2.39. The Labute approximate surface area is 94.7 Å². The molecule has 2 rings (SSSR count). The van der Waals surface area contributed by atoms with Crippen LogP contribution >= 0.6 is 0 Å². The zero-order chi connectivity index (χ0) is 9.31. The molecule has 0 saturated heterocycles. The molecule has 0 unspecified atom stereocenters. The molecule has 65 valence electrons. The molecule has 0 atom stereocenters. The van der Waals surface area contributed by atoms with Gasteiger partial charge in [0.15, 0.2) is 0 Å². The molecular formula is C12H13Hf. The zero-order valence-electron chi connectivity index (χ0n) is 7.88. The van der Waals surface area contributed by atoms with Gasteiger partial charge in [0.25, 0.3) is 0 Å². The molecule has 1 heteroatoms. The number of allylic oxidation sites excluding steroid dienone is 8. The Morgan fingerprint density at radius 1 is 1.08 bits per heavy atom. The Balaban J connectivity index is 2.20. The molecule has 0 nitrogen and oxygen atoms in total. The van der Waals surface area contributed by atoms with Gasteiger partial charge in [-0.15, -0.1) is 0 Å². The molecule has 0 bridgehead atoms. The second-order valence-electron chi connectivity index (χ2n) is 3.77. The minimum atomic E-state index is 0.396. The second-order valence-corrected chi connectivity index (χ2v) is 7.37. The van der Waals surface area contributed by atoms with Crippen molar-refractivity contribution in [2.75, 3.05) is 0 Å². The van der Waals surface area contributed by atoms with Gasteiger partial charge in [0.1, 0.15) is 0 Å². The summed E-state index contributed by atoms with van der Waals surface area (Å²) in [4.78, 5) is 0. The summed E-state index contributed by atoms with van der Waals surface area (Å²) in [5.74, 6) is 0. The predicted molar refractivity (Wildman–Crippen MR) is 52.0 cm³/mol. The molecule has 2 aliphatic rings. The van der Waals surface area contributed by atoms with E-state index in [-0.39, 0.29) is 0 Å². The Morgan fingerprint density at radius 2 is 1.54 bits per heavy atom. The van der Waals surface area contributed by atoms with E-state index >= 15 is 0 Å². The van der Waals surface area contributed by atoms with Crippen molar-refractivity contribution >= 4 is 0 Å². The van der Waals surface area contributed by atoms with Crippen LogP contribution in [0.1, 0.15) is 19.8 Å². The summed E-state index contributed by atoms with van der Waals surface area (Å²) in [7, 11) is 0. The first-order valence-corrected chi connectivity index (χ1v) is 6.48. The van der Waals surface area contributed by atoms with Crippen LogP contribution in [0.3, 0.4) is 0 Å². The summed E-state index contributed by atoms with van der Waals surface area (Å²) >= 11 is 1.22. The maximum absolute atomic E-state index is 2.39. The van der Waals surface area contributed by atoms with Crippen LogP contribution in [0, 0.1) is 0 Å². The van der Waals surface area contributed by atoms with Crippen LogP contribution in [0.25, 0.3) is 0 Å². The van der Waals surface area contributed by atoms with Crippen molar-refractivity contribution in [3.05, 3.63) is 47.6 Å². The minimum absolute atomic E-state index is 0.396. The number of rotatable bonds is 2. The van der Waals surface area contributed by atoms with Gasteiger partial charge in [0.05, 0.1) is 0 Å². The van der Waals surface area contributed by atoms with Gasteiger partial charge in [-0.05, 0) is 0 Å². The first-order valence-electron chi connectivity index (χ1n) is 4.68. The molecular weight excluding hydrogens is 323 g/mol. The van der Waals surface area contributed by atoms with E-state index in [9.17, 15) is 0 Å². The molecule has 0 fully saturated rings. The van der Waals surface area contributed by atoms with Gasteiger partial charge in [-0.2, -0.15) is 0 Å². The van der Waals surface area contributed by atoms with Crippen LogP contribution in [-0.2, 0) is 24.4 Å². The van der Waals surface area contributed by atoms with Gasteiger partial charge >= 0.3 is 94.9 Å². The van der Waals surface area contributed by atoms with E-state index < -0.39 is 0 Å². The summed E-state index contributed by atoms with van der Waals surface area (Å²) in [5, 5.41) is 0. The van der Waals surface area contributed by atoms with Gasteiger partial charge in [-0.25, -0.2) is 0 Å². The van der Waals surface area contributed by atoms with Gasteiger partial charge in [-0.1, -0.05) is 0 Å². The Hall–Kier alpha value is -0.170. The summed E-state index contributed by atoms with van der Waals surface area (Å²) in [6.45, 7) is 2.39. The van der Waals surface area contributed by atoms with E-state index in [0.717, 1.165) is 12.8 Å². The molecule has 0 aromatic carbocycles. The number of hydrogen-bond acceptors (Lipinski definition) is 0. The summed E-state index contributed by atoms with van der Waals surface area (Å²) in [6, 6.07) is 0. The molecule has 0 aromatic rings. The third-order valence-electron chi connectivity index (χ3n) is 2.83. The fourth-order valence-electron chi connectivity index (χ4n) is 1.84. The quantitative estimate of drug-likeness (QED) is 0.678. The van der Waals surface area contributed by atoms with Crippen molar-refractivity contribution in [2.24, 2.45) is 0 Å². The van der Waals surface area contributed by atoms with Crippen LogP contribution in [0.5, 0.6) is 0 Å². The van der Waals surface area contributed by atoms with Crippen LogP contribution in [-0.4, -0.2) is 0 Å². The normalized spacial score (nSPS) is 20.6. The average molecular weight is 336 g/mol. The van der Waals surface area contributed by atoms with E-state index in [2.05, 4.69) is 43.4 Å². The molecule has 0 saturated carbocycles. The molecule has 0 aliphatic heterocycles. The van der Waals surface area contributed by atoms with Crippen LogP contribution in [0.2, 0.25) is 3.17 Å². The Morgan fingerprint density at radius 3 is 1.85 bits per heavy atom. The average Bonchev–Trinajstić information content (AvgIpc) is 2.78. The third-order valence-corrected chi connectivity index (χ3v) is 5.13. The van der Waals surface area contributed by atoms with Gasteiger partial charge < -0.3 is 0 Å². The van der Waals surface area contributed by atoms with Crippen molar-refractivity contribution in [2.45, 2.75) is 22.9 Å². The van der Waals surface area contributed by atoms with E-state index in [1.165, 1.54) is 24.4 Å². The Bertz CT molecular complexity index is 295. The van der Waals surface area contributed by atoms with E-state index in [1.807, 2.05) is 0 Å². The van der Waals surface area contributed by atoms with Crippen molar-refractivity contribution in [3.63, 3.8) is 0 Å². The SMILES string of the molecule is C[C]([Hf])(C1=CC=CC1)C1=CC=CC1. The molecule has 0 heterocycles. The van der Waals surface area contributed by atoms with Crippen LogP contribution in [0.15, 0.2) is 47.6 Å². The van der Waals surface area contributed by atoms with Crippen molar-refractivity contribution in [3.8, 4) is 0 Å². The molecule has 13 heavy (non-hydrogen) atoms. The molecule has 0 radical (unpaired) electrons. The summed E-state index contributed by atoms with van der Waals surface area (Å²) in [5.41, 5.74) is 3.21. The first kappa shape index (κ1) is 9.39. The topological polar surface area (TPSA) is 0 Å². The third kappa shape index (κ3) is 1.71. The van der Waals surface area contributed by atoms with Crippen LogP contribution < -0.4 is 0 Å². The van der Waals surface area contributed by atoms with Crippen molar-refractivity contribution < 1.29 is 24.4 Å². The van der Waals surface area contributed by atoms with E-state index in [0.29, 0.717) is 3.17 Å². The first-order chi connectivity index (χ1) is 6.21. The summed E-state index contributed by atoms with van der Waals surface area (Å²) in [6.07, 6.45) is 15.8. The van der Waals surface area contributed by atoms with Crippen molar-refractivity contribution in [1.82, 2.24) is 0 Å².